The predicted octanol–water partition coefficient (Wildman–Crippen LogP) is 3.61. The molecule has 0 atom stereocenters. The number of ether oxygens (including phenoxy) is 2. The standard InChI is InChI=1S/C20H20N2O3/c1-4-22-13-16(15-10-11-17(24-2)18(12-15)25-3)19(21-20(22)23)14-8-6-5-7-9-14/h5-13H,4H2,1-3H3. The third-order valence-corrected chi connectivity index (χ3v) is 4.08. The maximum Gasteiger partial charge on any atom is 0.348 e. The van der Waals surface area contributed by atoms with E-state index < -0.39 is 0 Å². The van der Waals surface area contributed by atoms with Crippen LogP contribution >= 0.6 is 0 Å². The zero-order valence-electron chi connectivity index (χ0n) is 14.5. The predicted molar refractivity (Wildman–Crippen MR) is 98.1 cm³/mol. The minimum absolute atomic E-state index is 0.259. The van der Waals surface area contributed by atoms with Gasteiger partial charge in [0.15, 0.2) is 11.5 Å². The van der Waals surface area contributed by atoms with Crippen molar-refractivity contribution in [1.29, 1.82) is 0 Å². The molecule has 0 aliphatic carbocycles. The summed E-state index contributed by atoms with van der Waals surface area (Å²) in [6.07, 6.45) is 1.85. The van der Waals surface area contributed by atoms with Crippen LogP contribution in [-0.4, -0.2) is 23.8 Å². The Kier molecular flexibility index (Phi) is 4.84. The molecule has 0 amide bonds. The normalized spacial score (nSPS) is 10.5. The van der Waals surface area contributed by atoms with Gasteiger partial charge in [0.2, 0.25) is 0 Å². The molecule has 25 heavy (non-hydrogen) atoms. The maximum absolute atomic E-state index is 12.3. The molecule has 5 heteroatoms. The van der Waals surface area contributed by atoms with Crippen molar-refractivity contribution in [3.05, 3.63) is 65.2 Å². The van der Waals surface area contributed by atoms with Crippen molar-refractivity contribution in [1.82, 2.24) is 9.55 Å². The summed E-state index contributed by atoms with van der Waals surface area (Å²) < 4.78 is 12.3. The van der Waals surface area contributed by atoms with Crippen molar-refractivity contribution in [3.8, 4) is 33.9 Å². The first kappa shape index (κ1) is 16.8. The van der Waals surface area contributed by atoms with E-state index in [1.54, 1.807) is 18.8 Å². The minimum Gasteiger partial charge on any atom is -0.493 e. The number of hydrogen-bond donors (Lipinski definition) is 0. The van der Waals surface area contributed by atoms with E-state index in [4.69, 9.17) is 9.47 Å². The van der Waals surface area contributed by atoms with Crippen molar-refractivity contribution in [3.63, 3.8) is 0 Å². The molecule has 0 saturated heterocycles. The quantitative estimate of drug-likeness (QED) is 0.714. The highest BCUT2D eigenvalue weighted by Crippen LogP contribution is 2.35. The maximum atomic E-state index is 12.3. The summed E-state index contributed by atoms with van der Waals surface area (Å²) in [4.78, 5) is 16.6. The fourth-order valence-corrected chi connectivity index (χ4v) is 2.75. The summed E-state index contributed by atoms with van der Waals surface area (Å²) in [5.41, 5.74) is 3.07. The van der Waals surface area contributed by atoms with Gasteiger partial charge in [0.05, 0.1) is 19.9 Å². The molecule has 0 saturated carbocycles. The molecule has 128 valence electrons. The van der Waals surface area contributed by atoms with Crippen LogP contribution in [-0.2, 0) is 6.54 Å². The molecule has 1 heterocycles. The van der Waals surface area contributed by atoms with Gasteiger partial charge in [0, 0.05) is 23.9 Å². The molecule has 0 radical (unpaired) electrons. The van der Waals surface area contributed by atoms with E-state index in [9.17, 15) is 4.79 Å². The summed E-state index contributed by atoms with van der Waals surface area (Å²) in [7, 11) is 3.21. The van der Waals surface area contributed by atoms with Crippen molar-refractivity contribution in [2.75, 3.05) is 14.2 Å². The summed E-state index contributed by atoms with van der Waals surface area (Å²) in [5, 5.41) is 0. The van der Waals surface area contributed by atoms with Gasteiger partial charge >= 0.3 is 5.69 Å². The van der Waals surface area contributed by atoms with Crippen LogP contribution in [0.5, 0.6) is 11.5 Å². The lowest BCUT2D eigenvalue weighted by atomic mass is 10.0. The summed E-state index contributed by atoms with van der Waals surface area (Å²) >= 11 is 0. The fraction of sp³-hybridized carbons (Fsp3) is 0.200. The van der Waals surface area contributed by atoms with E-state index in [2.05, 4.69) is 4.98 Å². The lowest BCUT2D eigenvalue weighted by Crippen LogP contribution is -2.22. The molecule has 0 bridgehead atoms. The second-order valence-corrected chi connectivity index (χ2v) is 5.51. The Bertz CT molecular complexity index is 933. The zero-order valence-corrected chi connectivity index (χ0v) is 14.5. The Morgan fingerprint density at radius 2 is 1.68 bits per heavy atom. The SMILES string of the molecule is CCn1cc(-c2ccc(OC)c(OC)c2)c(-c2ccccc2)nc1=O. The number of aryl methyl sites for hydroxylation is 1. The summed E-state index contributed by atoms with van der Waals surface area (Å²) in [5.74, 6) is 1.29. The Morgan fingerprint density at radius 1 is 0.960 bits per heavy atom. The smallest absolute Gasteiger partial charge is 0.348 e. The topological polar surface area (TPSA) is 53.4 Å². The van der Waals surface area contributed by atoms with Gasteiger partial charge in [-0.05, 0) is 24.6 Å². The van der Waals surface area contributed by atoms with Crippen LogP contribution in [0.2, 0.25) is 0 Å². The van der Waals surface area contributed by atoms with Crippen LogP contribution in [0.15, 0.2) is 59.5 Å². The molecular formula is C20H20N2O3. The van der Waals surface area contributed by atoms with E-state index in [0.29, 0.717) is 23.7 Å². The van der Waals surface area contributed by atoms with Crippen molar-refractivity contribution >= 4 is 0 Å². The van der Waals surface area contributed by atoms with Gasteiger partial charge in [-0.3, -0.25) is 4.57 Å². The highest BCUT2D eigenvalue weighted by molar-refractivity contribution is 5.81. The van der Waals surface area contributed by atoms with Crippen molar-refractivity contribution in [2.24, 2.45) is 0 Å². The first-order valence-electron chi connectivity index (χ1n) is 8.07. The molecular weight excluding hydrogens is 316 g/mol. The van der Waals surface area contributed by atoms with Crippen LogP contribution in [0.1, 0.15) is 6.92 Å². The average molecular weight is 336 g/mol. The highest BCUT2D eigenvalue weighted by Gasteiger charge is 2.14. The molecule has 0 aliphatic heterocycles. The summed E-state index contributed by atoms with van der Waals surface area (Å²) in [6.45, 7) is 2.48. The van der Waals surface area contributed by atoms with E-state index in [-0.39, 0.29) is 5.69 Å². The second kappa shape index (κ2) is 7.21. The third kappa shape index (κ3) is 3.26. The molecule has 0 spiro atoms. The molecule has 1 aromatic heterocycles. The van der Waals surface area contributed by atoms with Gasteiger partial charge in [-0.2, -0.15) is 4.98 Å². The first-order chi connectivity index (χ1) is 12.2. The molecule has 2 aromatic carbocycles. The Labute approximate surface area is 146 Å². The van der Waals surface area contributed by atoms with Crippen LogP contribution < -0.4 is 15.2 Å². The number of methoxy groups -OCH3 is 2. The molecule has 3 rings (SSSR count). The number of aromatic nitrogens is 2. The monoisotopic (exact) mass is 336 g/mol. The number of benzene rings is 2. The van der Waals surface area contributed by atoms with Gasteiger partial charge < -0.3 is 9.47 Å². The fourth-order valence-electron chi connectivity index (χ4n) is 2.75. The van der Waals surface area contributed by atoms with Gasteiger partial charge in [-0.25, -0.2) is 4.79 Å². The molecule has 0 unspecified atom stereocenters. The third-order valence-electron chi connectivity index (χ3n) is 4.08. The number of hydrogen-bond acceptors (Lipinski definition) is 4. The Hall–Kier alpha value is -3.08. The molecule has 5 nitrogen and oxygen atoms in total. The Balaban J connectivity index is 2.26. The number of rotatable bonds is 5. The summed E-state index contributed by atoms with van der Waals surface area (Å²) in [6, 6.07) is 15.4. The minimum atomic E-state index is -0.259. The second-order valence-electron chi connectivity index (χ2n) is 5.51. The van der Waals surface area contributed by atoms with Crippen molar-refractivity contribution in [2.45, 2.75) is 13.5 Å². The van der Waals surface area contributed by atoms with Crippen molar-refractivity contribution < 1.29 is 9.47 Å². The van der Waals surface area contributed by atoms with Crippen LogP contribution in [0.4, 0.5) is 0 Å². The lowest BCUT2D eigenvalue weighted by molar-refractivity contribution is 0.355. The van der Waals surface area contributed by atoms with Gasteiger partial charge in [0.25, 0.3) is 0 Å². The molecule has 0 aliphatic rings. The molecule has 0 fully saturated rings. The van der Waals surface area contributed by atoms with E-state index in [0.717, 1.165) is 16.7 Å². The average Bonchev–Trinajstić information content (AvgIpc) is 2.67. The van der Waals surface area contributed by atoms with E-state index in [1.165, 1.54) is 0 Å². The molecule has 3 aromatic rings. The highest BCUT2D eigenvalue weighted by atomic mass is 16.5. The van der Waals surface area contributed by atoms with Gasteiger partial charge in [0.1, 0.15) is 0 Å². The number of nitrogens with zero attached hydrogens (tertiary/aromatic N) is 2. The van der Waals surface area contributed by atoms with Gasteiger partial charge in [-0.15, -0.1) is 0 Å². The van der Waals surface area contributed by atoms with E-state index >= 15 is 0 Å². The first-order valence-corrected chi connectivity index (χ1v) is 8.07. The lowest BCUT2D eigenvalue weighted by Gasteiger charge is -2.14. The van der Waals surface area contributed by atoms with E-state index in [1.807, 2.05) is 61.7 Å². The zero-order chi connectivity index (χ0) is 17.8. The van der Waals surface area contributed by atoms with Gasteiger partial charge in [-0.1, -0.05) is 36.4 Å². The largest absolute Gasteiger partial charge is 0.493 e. The van der Waals surface area contributed by atoms with Crippen LogP contribution in [0, 0.1) is 0 Å². The van der Waals surface area contributed by atoms with Crippen LogP contribution in [0.3, 0.4) is 0 Å². The molecule has 0 N–H and O–H groups in total. The van der Waals surface area contributed by atoms with Crippen LogP contribution in [0.25, 0.3) is 22.4 Å². The Morgan fingerprint density at radius 3 is 2.32 bits per heavy atom.